The van der Waals surface area contributed by atoms with E-state index in [1.807, 2.05) is 0 Å². The van der Waals surface area contributed by atoms with Crippen LogP contribution < -0.4 is 0 Å². The molecule has 0 fully saturated rings. The van der Waals surface area contributed by atoms with E-state index >= 15 is 0 Å². The van der Waals surface area contributed by atoms with Crippen LogP contribution in [0.25, 0.3) is 0 Å². The summed E-state index contributed by atoms with van der Waals surface area (Å²) in [6, 6.07) is 0.444. The largest absolute Gasteiger partial charge is 0.392 e. The number of hydrogen-bond acceptors (Lipinski definition) is 3. The first kappa shape index (κ1) is 12.3. The Bertz CT molecular complexity index is 359. The smallest absolute Gasteiger partial charge is 0.250 e. The zero-order valence-electron chi connectivity index (χ0n) is 8.17. The monoisotopic (exact) mass is 237 g/mol. The summed E-state index contributed by atoms with van der Waals surface area (Å²) in [6.07, 6.45) is -0.690. The van der Waals surface area contributed by atoms with Gasteiger partial charge < -0.3 is 5.11 Å². The van der Waals surface area contributed by atoms with Gasteiger partial charge in [-0.3, -0.25) is 0 Å². The van der Waals surface area contributed by atoms with Crippen molar-refractivity contribution in [2.45, 2.75) is 30.2 Å². The quantitative estimate of drug-likeness (QED) is 0.647. The van der Waals surface area contributed by atoms with Crippen molar-refractivity contribution in [2.24, 2.45) is 0 Å². The predicted molar refractivity (Wildman–Crippen MR) is 51.1 cm³/mol. The van der Waals surface area contributed by atoms with Crippen LogP contribution in [0.2, 0.25) is 0 Å². The van der Waals surface area contributed by atoms with E-state index in [0.717, 1.165) is 11.8 Å². The first-order valence-electron chi connectivity index (χ1n) is 4.28. The van der Waals surface area contributed by atoms with Crippen LogP contribution in [0.3, 0.4) is 0 Å². The summed E-state index contributed by atoms with van der Waals surface area (Å²) in [5, 5.41) is 8.56. The lowest BCUT2D eigenvalue weighted by Gasteiger charge is -2.13. The maximum Gasteiger partial charge on any atom is 0.250 e. The molecule has 1 N–H and O–H groups in total. The molecule has 0 aliphatic rings. The van der Waals surface area contributed by atoms with Crippen molar-refractivity contribution in [3.05, 3.63) is 23.6 Å². The summed E-state index contributed by atoms with van der Waals surface area (Å²) >= 11 is 0.858. The molecule has 15 heavy (non-hydrogen) atoms. The fraction of sp³-hybridized carbons (Fsp3) is 0.444. The fourth-order valence-electron chi connectivity index (χ4n) is 0.786. The molecule has 1 aromatic heterocycles. The number of thioether (sulfide) groups is 1. The third kappa shape index (κ3) is 3.10. The molecule has 0 aliphatic heterocycles. The second-order valence-corrected chi connectivity index (χ2v) is 4.48. The van der Waals surface area contributed by atoms with E-state index in [-0.39, 0.29) is 10.3 Å². The van der Waals surface area contributed by atoms with Crippen molar-refractivity contribution in [1.29, 1.82) is 0 Å². The molecule has 1 rings (SSSR count). The molecule has 0 amide bonds. The second kappa shape index (κ2) is 4.85. The minimum absolute atomic E-state index is 0.248. The molecule has 1 aromatic rings. The summed E-state index contributed by atoms with van der Waals surface area (Å²) in [5.41, 5.74) is 0. The van der Waals surface area contributed by atoms with E-state index < -0.39 is 23.7 Å². The summed E-state index contributed by atoms with van der Waals surface area (Å²) in [4.78, 5) is 3.13. The fourth-order valence-corrected chi connectivity index (χ4v) is 1.64. The number of aliphatic hydroxyl groups is 1. The van der Waals surface area contributed by atoms with Crippen molar-refractivity contribution < 1.29 is 18.3 Å². The Labute approximate surface area is 89.5 Å². The van der Waals surface area contributed by atoms with Crippen LogP contribution >= 0.6 is 11.8 Å². The van der Waals surface area contributed by atoms with Crippen molar-refractivity contribution >= 4 is 11.8 Å². The number of pyridine rings is 1. The van der Waals surface area contributed by atoms with Crippen molar-refractivity contribution in [3.63, 3.8) is 0 Å². The Morgan fingerprint density at radius 2 is 1.87 bits per heavy atom. The van der Waals surface area contributed by atoms with Crippen LogP contribution in [0, 0.1) is 17.6 Å². The highest BCUT2D eigenvalue weighted by atomic mass is 32.2. The van der Waals surface area contributed by atoms with Gasteiger partial charge in [0.25, 0.3) is 0 Å². The van der Waals surface area contributed by atoms with E-state index in [1.165, 1.54) is 6.92 Å². The van der Waals surface area contributed by atoms with Gasteiger partial charge in [0.05, 0.1) is 6.10 Å². The molecule has 2 atom stereocenters. The standard InChI is InChI=1S/C9H10F3NOS/c1-4(14)5(2)15-9-7(11)3-6(10)8(12)13-9/h3-5,14H,1-2H3. The molecule has 0 aromatic carbocycles. The van der Waals surface area contributed by atoms with Crippen LogP contribution in [0.15, 0.2) is 11.1 Å². The zero-order chi connectivity index (χ0) is 11.6. The normalized spacial score (nSPS) is 15.1. The molecule has 2 unspecified atom stereocenters. The Kier molecular flexibility index (Phi) is 3.98. The molecule has 2 nitrogen and oxygen atoms in total. The third-order valence-corrected chi connectivity index (χ3v) is 3.11. The van der Waals surface area contributed by atoms with Gasteiger partial charge in [-0.25, -0.2) is 13.8 Å². The molecule has 1 heterocycles. The van der Waals surface area contributed by atoms with Crippen molar-refractivity contribution in [1.82, 2.24) is 4.98 Å². The molecule has 0 bridgehead atoms. The molecule has 0 radical (unpaired) electrons. The average Bonchev–Trinajstić information content (AvgIpc) is 2.13. The van der Waals surface area contributed by atoms with Crippen LogP contribution in [-0.4, -0.2) is 21.4 Å². The minimum atomic E-state index is -1.34. The highest BCUT2D eigenvalue weighted by Crippen LogP contribution is 2.26. The highest BCUT2D eigenvalue weighted by Gasteiger charge is 2.17. The minimum Gasteiger partial charge on any atom is -0.392 e. The Hall–Kier alpha value is -0.750. The van der Waals surface area contributed by atoms with Gasteiger partial charge >= 0.3 is 0 Å². The molecule has 84 valence electrons. The van der Waals surface area contributed by atoms with Crippen LogP contribution in [0.1, 0.15) is 13.8 Å². The van der Waals surface area contributed by atoms with Gasteiger partial charge in [-0.1, -0.05) is 18.7 Å². The number of nitrogens with zero attached hydrogens (tertiary/aromatic N) is 1. The highest BCUT2D eigenvalue weighted by molar-refractivity contribution is 7.99. The van der Waals surface area contributed by atoms with E-state index in [9.17, 15) is 13.2 Å². The number of rotatable bonds is 3. The Morgan fingerprint density at radius 1 is 1.27 bits per heavy atom. The van der Waals surface area contributed by atoms with E-state index in [2.05, 4.69) is 4.98 Å². The number of halogens is 3. The van der Waals surface area contributed by atoms with Crippen molar-refractivity contribution in [2.75, 3.05) is 0 Å². The molecule has 0 aliphatic carbocycles. The van der Waals surface area contributed by atoms with Gasteiger partial charge in [-0.05, 0) is 6.92 Å². The molecule has 6 heteroatoms. The van der Waals surface area contributed by atoms with Crippen LogP contribution in [0.4, 0.5) is 13.2 Å². The topological polar surface area (TPSA) is 33.1 Å². The summed E-state index contributed by atoms with van der Waals surface area (Å²) in [7, 11) is 0. The van der Waals surface area contributed by atoms with Gasteiger partial charge in [0.1, 0.15) is 5.03 Å². The Balaban J connectivity index is 2.91. The van der Waals surface area contributed by atoms with Crippen molar-refractivity contribution in [3.8, 4) is 0 Å². The maximum absolute atomic E-state index is 13.1. The van der Waals surface area contributed by atoms with Crippen LogP contribution in [-0.2, 0) is 0 Å². The lowest BCUT2D eigenvalue weighted by atomic mass is 10.3. The maximum atomic E-state index is 13.1. The average molecular weight is 237 g/mol. The van der Waals surface area contributed by atoms with Gasteiger partial charge in [0, 0.05) is 11.3 Å². The Morgan fingerprint density at radius 3 is 2.40 bits per heavy atom. The summed E-state index contributed by atoms with van der Waals surface area (Å²) < 4.78 is 38.3. The third-order valence-electron chi connectivity index (χ3n) is 1.83. The SMILES string of the molecule is CC(O)C(C)Sc1nc(F)c(F)cc1F. The molecule has 0 saturated heterocycles. The number of hydrogen-bond donors (Lipinski definition) is 1. The second-order valence-electron chi connectivity index (χ2n) is 3.11. The zero-order valence-corrected chi connectivity index (χ0v) is 8.99. The number of aromatic nitrogens is 1. The molecular weight excluding hydrogens is 227 g/mol. The van der Waals surface area contributed by atoms with Gasteiger partial charge in [-0.2, -0.15) is 4.39 Å². The van der Waals surface area contributed by atoms with E-state index in [1.54, 1.807) is 6.92 Å². The first-order valence-corrected chi connectivity index (χ1v) is 5.16. The summed E-state index contributed by atoms with van der Waals surface area (Å²) in [6.45, 7) is 3.16. The van der Waals surface area contributed by atoms with E-state index in [4.69, 9.17) is 5.11 Å². The van der Waals surface area contributed by atoms with Gasteiger partial charge in [-0.15, -0.1) is 0 Å². The summed E-state index contributed by atoms with van der Waals surface area (Å²) in [5.74, 6) is -3.58. The lowest BCUT2D eigenvalue weighted by Crippen LogP contribution is -2.15. The molecule has 0 saturated carbocycles. The molecular formula is C9H10F3NOS. The van der Waals surface area contributed by atoms with Gasteiger partial charge in [0.15, 0.2) is 11.6 Å². The molecule has 0 spiro atoms. The first-order chi connectivity index (χ1) is 6.91. The van der Waals surface area contributed by atoms with Gasteiger partial charge in [0.2, 0.25) is 5.95 Å². The van der Waals surface area contributed by atoms with Crippen LogP contribution in [0.5, 0.6) is 0 Å². The van der Waals surface area contributed by atoms with E-state index in [0.29, 0.717) is 6.07 Å². The lowest BCUT2D eigenvalue weighted by molar-refractivity contribution is 0.196. The number of aliphatic hydroxyl groups excluding tert-OH is 1. The predicted octanol–water partition coefficient (Wildman–Crippen LogP) is 2.36.